The second-order valence-electron chi connectivity index (χ2n) is 4.03. The van der Waals surface area contributed by atoms with Crippen LogP contribution >= 0.6 is 0 Å². The number of aromatic hydroxyl groups is 1. The van der Waals surface area contributed by atoms with Gasteiger partial charge in [0.25, 0.3) is 0 Å². The number of alkyl halides is 1. The zero-order chi connectivity index (χ0) is 15.0. The van der Waals surface area contributed by atoms with Crippen molar-refractivity contribution in [3.63, 3.8) is 0 Å². The van der Waals surface area contributed by atoms with Crippen molar-refractivity contribution in [2.75, 3.05) is 7.18 Å². The molecular weight excluding hydrogens is 246 g/mol. The minimum absolute atomic E-state index is 0.191. The van der Waals surface area contributed by atoms with Crippen LogP contribution in [-0.2, 0) is 0 Å². The molecule has 0 saturated heterocycles. The fourth-order valence-corrected chi connectivity index (χ4v) is 1.85. The zero-order valence-corrected chi connectivity index (χ0v) is 12.2. The summed E-state index contributed by atoms with van der Waals surface area (Å²) in [6, 6.07) is 8.14. The van der Waals surface area contributed by atoms with Crippen LogP contribution in [0.2, 0.25) is 0 Å². The number of phenols is 1. The maximum absolute atomic E-state index is 13.7. The highest BCUT2D eigenvalue weighted by atomic mass is 19.1. The summed E-state index contributed by atoms with van der Waals surface area (Å²) in [5.41, 5.74) is 0.850. The molecule has 0 aliphatic carbocycles. The molecule has 0 heterocycles. The van der Waals surface area contributed by atoms with E-state index in [0.717, 1.165) is 10.9 Å². The van der Waals surface area contributed by atoms with Crippen LogP contribution in [0.5, 0.6) is 5.75 Å². The van der Waals surface area contributed by atoms with Crippen LogP contribution in [0.4, 0.5) is 8.78 Å². The average molecular weight is 268 g/mol. The highest BCUT2D eigenvalue weighted by Gasteiger charge is 2.10. The molecule has 19 heavy (non-hydrogen) atoms. The van der Waals surface area contributed by atoms with E-state index in [9.17, 15) is 13.9 Å². The number of hydrogen-bond acceptors (Lipinski definition) is 1. The van der Waals surface area contributed by atoms with E-state index in [0.29, 0.717) is 12.6 Å². The Morgan fingerprint density at radius 2 is 1.63 bits per heavy atom. The van der Waals surface area contributed by atoms with Crippen molar-refractivity contribution in [1.29, 1.82) is 0 Å². The van der Waals surface area contributed by atoms with Gasteiger partial charge in [0.05, 0.1) is 7.18 Å². The number of hydrogen-bond donors (Lipinski definition) is 1. The Labute approximate surface area is 113 Å². The summed E-state index contributed by atoms with van der Waals surface area (Å²) < 4.78 is 23.2. The predicted octanol–water partition coefficient (Wildman–Crippen LogP) is 5.42. The van der Waals surface area contributed by atoms with Crippen molar-refractivity contribution in [3.8, 4) is 5.75 Å². The topological polar surface area (TPSA) is 20.2 Å². The molecule has 2 aromatic rings. The number of benzene rings is 2. The summed E-state index contributed by atoms with van der Waals surface area (Å²) in [4.78, 5) is 0. The highest BCUT2D eigenvalue weighted by Crippen LogP contribution is 2.31. The van der Waals surface area contributed by atoms with Gasteiger partial charge < -0.3 is 5.11 Å². The molecule has 106 valence electrons. The molecule has 0 bridgehead atoms. The van der Waals surface area contributed by atoms with Gasteiger partial charge in [-0.15, -0.1) is 0 Å². The van der Waals surface area contributed by atoms with Crippen molar-refractivity contribution in [2.24, 2.45) is 0 Å². The van der Waals surface area contributed by atoms with Crippen molar-refractivity contribution >= 4 is 10.8 Å². The van der Waals surface area contributed by atoms with Gasteiger partial charge in [0, 0.05) is 5.39 Å². The van der Waals surface area contributed by atoms with E-state index in [1.165, 1.54) is 6.07 Å². The molecule has 0 radical (unpaired) electrons. The molecule has 0 unspecified atom stereocenters. The summed E-state index contributed by atoms with van der Waals surface area (Å²) in [6.07, 6.45) is 0. The van der Waals surface area contributed by atoms with Crippen LogP contribution in [0, 0.1) is 5.82 Å². The minimum Gasteiger partial charge on any atom is -0.508 e. The van der Waals surface area contributed by atoms with Crippen molar-refractivity contribution < 1.29 is 13.9 Å². The Balaban J connectivity index is 0.000000741. The van der Waals surface area contributed by atoms with Crippen LogP contribution in [0.1, 0.15) is 39.2 Å². The zero-order valence-electron chi connectivity index (χ0n) is 12.2. The molecule has 2 rings (SSSR count). The first-order valence-corrected chi connectivity index (χ1v) is 6.38. The average Bonchev–Trinajstić information content (AvgIpc) is 2.42. The maximum Gasteiger partial charge on any atom is 0.131 e. The van der Waals surface area contributed by atoms with Gasteiger partial charge in [0.1, 0.15) is 11.6 Å². The Morgan fingerprint density at radius 1 is 1.05 bits per heavy atom. The third-order valence-corrected chi connectivity index (χ3v) is 2.56. The maximum atomic E-state index is 13.7. The van der Waals surface area contributed by atoms with E-state index in [1.807, 2.05) is 33.8 Å². The summed E-state index contributed by atoms with van der Waals surface area (Å²) in [5, 5.41) is 10.9. The number of phenolic OH excluding ortho intramolecular Hbond substituents is 1. The Hall–Kier alpha value is -1.64. The Bertz CT molecular complexity index is 507. The van der Waals surface area contributed by atoms with E-state index in [4.69, 9.17) is 0 Å². The molecule has 0 aliphatic rings. The van der Waals surface area contributed by atoms with Gasteiger partial charge in [-0.2, -0.15) is 0 Å². The first kappa shape index (κ1) is 17.4. The summed E-state index contributed by atoms with van der Waals surface area (Å²) in [5.74, 6) is 0.157. The van der Waals surface area contributed by atoms with Gasteiger partial charge in [-0.1, -0.05) is 39.8 Å². The third-order valence-electron chi connectivity index (χ3n) is 2.56. The lowest BCUT2D eigenvalue weighted by molar-refractivity contribution is 0.475. The predicted molar refractivity (Wildman–Crippen MR) is 78.0 cm³/mol. The number of halogens is 2. The lowest BCUT2D eigenvalue weighted by Gasteiger charge is -2.11. The summed E-state index contributed by atoms with van der Waals surface area (Å²) in [6.45, 7) is 7.97. The fraction of sp³-hybridized carbons (Fsp3) is 0.375. The molecule has 3 heteroatoms. The van der Waals surface area contributed by atoms with Gasteiger partial charge in [-0.3, -0.25) is 4.39 Å². The SMILES string of the molecule is CC.CC(C)c1cc(O)cc2cccc(F)c12.CF. The van der Waals surface area contributed by atoms with Gasteiger partial charge in [0.15, 0.2) is 0 Å². The van der Waals surface area contributed by atoms with Gasteiger partial charge in [0.2, 0.25) is 0 Å². The number of fused-ring (bicyclic) bond motifs is 1. The lowest BCUT2D eigenvalue weighted by Crippen LogP contribution is -1.92. The van der Waals surface area contributed by atoms with Crippen molar-refractivity contribution in [2.45, 2.75) is 33.6 Å². The summed E-state index contributed by atoms with van der Waals surface area (Å²) in [7, 11) is 0.500. The normalized spacial score (nSPS) is 9.47. The first-order chi connectivity index (χ1) is 9.09. The monoisotopic (exact) mass is 268 g/mol. The molecule has 0 aliphatic heterocycles. The van der Waals surface area contributed by atoms with Gasteiger partial charge in [-0.25, -0.2) is 4.39 Å². The highest BCUT2D eigenvalue weighted by molar-refractivity contribution is 5.88. The van der Waals surface area contributed by atoms with Crippen LogP contribution in [-0.4, -0.2) is 12.3 Å². The largest absolute Gasteiger partial charge is 0.508 e. The molecule has 1 nitrogen and oxygen atoms in total. The molecule has 1 N–H and O–H groups in total. The lowest BCUT2D eigenvalue weighted by atomic mass is 9.95. The molecule has 0 saturated carbocycles. The molecule has 2 aromatic carbocycles. The second-order valence-corrected chi connectivity index (χ2v) is 4.03. The van der Waals surface area contributed by atoms with E-state index >= 15 is 0 Å². The van der Waals surface area contributed by atoms with Crippen LogP contribution < -0.4 is 0 Å². The first-order valence-electron chi connectivity index (χ1n) is 6.38. The molecular formula is C16H22F2O. The molecule has 0 aromatic heterocycles. The van der Waals surface area contributed by atoms with E-state index in [1.54, 1.807) is 18.2 Å². The molecule has 0 atom stereocenters. The van der Waals surface area contributed by atoms with E-state index < -0.39 is 0 Å². The van der Waals surface area contributed by atoms with Crippen LogP contribution in [0.15, 0.2) is 30.3 Å². The minimum atomic E-state index is -0.226. The second kappa shape index (κ2) is 8.46. The third kappa shape index (κ3) is 4.19. The summed E-state index contributed by atoms with van der Waals surface area (Å²) >= 11 is 0. The molecule has 0 amide bonds. The van der Waals surface area contributed by atoms with E-state index in [2.05, 4.69) is 0 Å². The number of rotatable bonds is 1. The van der Waals surface area contributed by atoms with Crippen molar-refractivity contribution in [1.82, 2.24) is 0 Å². The van der Waals surface area contributed by atoms with E-state index in [-0.39, 0.29) is 17.5 Å². The van der Waals surface area contributed by atoms with Crippen molar-refractivity contribution in [3.05, 3.63) is 41.7 Å². The fourth-order valence-electron chi connectivity index (χ4n) is 1.85. The van der Waals surface area contributed by atoms with Crippen LogP contribution in [0.25, 0.3) is 10.8 Å². The molecule has 0 fully saturated rings. The standard InChI is InChI=1S/C13H13FO.C2H6.CH3F/c1-8(2)11-7-10(15)6-9-4-3-5-12(14)13(9)11;2*1-2/h3-8,15H,1-2H3;1-2H3;1H3. The Kier molecular flexibility index (Phi) is 7.73. The van der Waals surface area contributed by atoms with Crippen LogP contribution in [0.3, 0.4) is 0 Å². The van der Waals surface area contributed by atoms with Gasteiger partial charge >= 0.3 is 0 Å². The van der Waals surface area contributed by atoms with Gasteiger partial charge in [-0.05, 0) is 35.1 Å². The smallest absolute Gasteiger partial charge is 0.131 e. The Morgan fingerprint density at radius 3 is 2.16 bits per heavy atom. The molecule has 0 spiro atoms. The quantitative estimate of drug-likeness (QED) is 0.732.